The number of ether oxygens (including phenoxy) is 2. The molecule has 0 saturated heterocycles. The Bertz CT molecular complexity index is 1030. The molecule has 32 heavy (non-hydrogen) atoms. The highest BCUT2D eigenvalue weighted by Crippen LogP contribution is 2.17. The second-order valence-electron chi connectivity index (χ2n) is 7.13. The third-order valence-electron chi connectivity index (χ3n) is 5.06. The summed E-state index contributed by atoms with van der Waals surface area (Å²) in [5.74, 6) is 1.19. The van der Waals surface area contributed by atoms with Gasteiger partial charge in [-0.1, -0.05) is 24.3 Å². The molecule has 1 amide bonds. The zero-order valence-corrected chi connectivity index (χ0v) is 18.7. The summed E-state index contributed by atoms with van der Waals surface area (Å²) in [5, 5.41) is 4.07. The molecule has 0 heterocycles. The van der Waals surface area contributed by atoms with Crippen LogP contribution in [-0.4, -0.2) is 32.3 Å². The van der Waals surface area contributed by atoms with Crippen molar-refractivity contribution in [3.05, 3.63) is 89.5 Å². The Kier molecular flexibility index (Phi) is 8.26. The Morgan fingerprint density at radius 2 is 1.69 bits per heavy atom. The molecule has 0 bridgehead atoms. The summed E-state index contributed by atoms with van der Waals surface area (Å²) in [4.78, 5) is 14.6. The van der Waals surface area contributed by atoms with Gasteiger partial charge in [0, 0.05) is 24.3 Å². The Morgan fingerprint density at radius 1 is 0.969 bits per heavy atom. The molecule has 0 aliphatic rings. The predicted octanol–water partition coefficient (Wildman–Crippen LogP) is 4.88. The molecule has 0 aliphatic carbocycles. The summed E-state index contributed by atoms with van der Waals surface area (Å²) in [6.07, 6.45) is 1.63. The van der Waals surface area contributed by atoms with E-state index in [0.29, 0.717) is 17.9 Å². The Morgan fingerprint density at radius 3 is 2.34 bits per heavy atom. The van der Waals surface area contributed by atoms with Gasteiger partial charge in [0.25, 0.3) is 5.91 Å². The van der Waals surface area contributed by atoms with Crippen molar-refractivity contribution in [2.45, 2.75) is 20.5 Å². The number of hydrogen-bond acceptors (Lipinski definition) is 5. The molecule has 0 aliphatic heterocycles. The number of hydrogen-bond donors (Lipinski definition) is 1. The van der Waals surface area contributed by atoms with Crippen LogP contribution in [0.15, 0.2) is 77.9 Å². The second-order valence-corrected chi connectivity index (χ2v) is 7.13. The van der Waals surface area contributed by atoms with Gasteiger partial charge in [0.1, 0.15) is 18.1 Å². The van der Waals surface area contributed by atoms with E-state index in [9.17, 15) is 4.79 Å². The number of rotatable bonds is 10. The molecule has 0 unspecified atom stereocenters. The van der Waals surface area contributed by atoms with Crippen LogP contribution in [0.25, 0.3) is 0 Å². The zero-order valence-electron chi connectivity index (χ0n) is 18.7. The maximum Gasteiger partial charge on any atom is 0.271 e. The molecule has 6 heteroatoms. The number of nitrogens with one attached hydrogen (secondary N) is 1. The van der Waals surface area contributed by atoms with Crippen molar-refractivity contribution in [3.63, 3.8) is 0 Å². The van der Waals surface area contributed by atoms with Gasteiger partial charge in [0.05, 0.1) is 13.3 Å². The van der Waals surface area contributed by atoms with Crippen molar-refractivity contribution < 1.29 is 14.3 Å². The third-order valence-corrected chi connectivity index (χ3v) is 5.06. The number of nitrogens with zero attached hydrogens (tertiary/aromatic N) is 2. The topological polar surface area (TPSA) is 63.2 Å². The molecule has 166 valence electrons. The third kappa shape index (κ3) is 6.35. The standard InChI is InChI=1S/C26H29N3O3/c1-4-29(5-2)23-13-9-20(10-14-23)18-27-28-26(30)22-11-15-24(16-12-22)32-19-21-7-6-8-25(17-21)31-3/h6-18H,4-5,19H2,1-3H3,(H,28,30)/b27-18+. The second kappa shape index (κ2) is 11.6. The average Bonchev–Trinajstić information content (AvgIpc) is 2.85. The molecule has 0 spiro atoms. The fraction of sp³-hybridized carbons (Fsp3) is 0.231. The summed E-state index contributed by atoms with van der Waals surface area (Å²) < 4.78 is 11.0. The zero-order chi connectivity index (χ0) is 22.8. The summed E-state index contributed by atoms with van der Waals surface area (Å²) in [6.45, 7) is 6.61. The first kappa shape index (κ1) is 22.9. The van der Waals surface area contributed by atoms with Gasteiger partial charge in [-0.15, -0.1) is 0 Å². The Hall–Kier alpha value is -3.80. The van der Waals surface area contributed by atoms with Crippen molar-refractivity contribution in [2.24, 2.45) is 5.10 Å². The maximum absolute atomic E-state index is 12.3. The predicted molar refractivity (Wildman–Crippen MR) is 129 cm³/mol. The highest BCUT2D eigenvalue weighted by molar-refractivity contribution is 5.95. The van der Waals surface area contributed by atoms with E-state index in [1.54, 1.807) is 37.6 Å². The molecular weight excluding hydrogens is 402 g/mol. The first-order valence-electron chi connectivity index (χ1n) is 10.7. The van der Waals surface area contributed by atoms with E-state index in [1.807, 2.05) is 36.4 Å². The van der Waals surface area contributed by atoms with Crippen molar-refractivity contribution in [1.29, 1.82) is 0 Å². The summed E-state index contributed by atoms with van der Waals surface area (Å²) >= 11 is 0. The van der Waals surface area contributed by atoms with Crippen LogP contribution in [0.3, 0.4) is 0 Å². The van der Waals surface area contributed by atoms with E-state index in [-0.39, 0.29) is 5.91 Å². The largest absolute Gasteiger partial charge is 0.497 e. The minimum atomic E-state index is -0.277. The number of anilines is 1. The molecule has 6 nitrogen and oxygen atoms in total. The number of carbonyl (C=O) groups is 1. The number of benzene rings is 3. The van der Waals surface area contributed by atoms with Gasteiger partial charge in [0.2, 0.25) is 0 Å². The van der Waals surface area contributed by atoms with Crippen LogP contribution in [-0.2, 0) is 6.61 Å². The number of carbonyl (C=O) groups excluding carboxylic acids is 1. The summed E-state index contributed by atoms with van der Waals surface area (Å²) in [6, 6.07) is 22.8. The van der Waals surface area contributed by atoms with E-state index >= 15 is 0 Å². The van der Waals surface area contributed by atoms with Crippen LogP contribution < -0.4 is 19.8 Å². The normalized spacial score (nSPS) is 10.7. The molecule has 3 aromatic rings. The van der Waals surface area contributed by atoms with Crippen molar-refractivity contribution in [1.82, 2.24) is 5.43 Å². The SMILES string of the molecule is CCN(CC)c1ccc(/C=N/NC(=O)c2ccc(OCc3cccc(OC)c3)cc2)cc1. The lowest BCUT2D eigenvalue weighted by atomic mass is 10.2. The van der Waals surface area contributed by atoms with Crippen LogP contribution in [0, 0.1) is 0 Å². The minimum Gasteiger partial charge on any atom is -0.497 e. The lowest BCUT2D eigenvalue weighted by molar-refractivity contribution is 0.0955. The lowest BCUT2D eigenvalue weighted by Gasteiger charge is -2.20. The first-order chi connectivity index (χ1) is 15.6. The van der Waals surface area contributed by atoms with Crippen LogP contribution in [0.2, 0.25) is 0 Å². The molecule has 1 N–H and O–H groups in total. The van der Waals surface area contributed by atoms with Crippen LogP contribution >= 0.6 is 0 Å². The number of hydrazone groups is 1. The molecular formula is C26H29N3O3. The molecule has 0 fully saturated rings. The fourth-order valence-corrected chi connectivity index (χ4v) is 3.22. The van der Waals surface area contributed by atoms with Crippen molar-refractivity contribution in [3.8, 4) is 11.5 Å². The van der Waals surface area contributed by atoms with Crippen molar-refractivity contribution in [2.75, 3.05) is 25.1 Å². The Labute approximate surface area is 189 Å². The quantitative estimate of drug-likeness (QED) is 0.367. The molecule has 0 aromatic heterocycles. The van der Waals surface area contributed by atoms with Gasteiger partial charge in [-0.3, -0.25) is 4.79 Å². The molecule has 3 aromatic carbocycles. The first-order valence-corrected chi connectivity index (χ1v) is 10.7. The van der Waals surface area contributed by atoms with Gasteiger partial charge in [0.15, 0.2) is 0 Å². The van der Waals surface area contributed by atoms with Gasteiger partial charge in [-0.2, -0.15) is 5.10 Å². The Balaban J connectivity index is 1.51. The number of methoxy groups -OCH3 is 1. The van der Waals surface area contributed by atoms with Crippen LogP contribution in [0.5, 0.6) is 11.5 Å². The highest BCUT2D eigenvalue weighted by atomic mass is 16.5. The molecule has 0 radical (unpaired) electrons. The molecule has 3 rings (SSSR count). The number of amides is 1. The van der Waals surface area contributed by atoms with E-state index in [4.69, 9.17) is 9.47 Å². The summed E-state index contributed by atoms with van der Waals surface area (Å²) in [5.41, 5.74) is 6.17. The monoisotopic (exact) mass is 431 g/mol. The maximum atomic E-state index is 12.3. The van der Waals surface area contributed by atoms with Gasteiger partial charge < -0.3 is 14.4 Å². The van der Waals surface area contributed by atoms with E-state index in [2.05, 4.69) is 41.4 Å². The van der Waals surface area contributed by atoms with E-state index < -0.39 is 0 Å². The van der Waals surface area contributed by atoms with E-state index in [1.165, 1.54) is 5.69 Å². The highest BCUT2D eigenvalue weighted by Gasteiger charge is 2.05. The van der Waals surface area contributed by atoms with Crippen LogP contribution in [0.1, 0.15) is 35.3 Å². The van der Waals surface area contributed by atoms with Gasteiger partial charge in [-0.25, -0.2) is 5.43 Å². The van der Waals surface area contributed by atoms with Crippen LogP contribution in [0.4, 0.5) is 5.69 Å². The fourth-order valence-electron chi connectivity index (χ4n) is 3.22. The van der Waals surface area contributed by atoms with E-state index in [0.717, 1.165) is 30.0 Å². The van der Waals surface area contributed by atoms with Gasteiger partial charge in [-0.05, 0) is 73.5 Å². The smallest absolute Gasteiger partial charge is 0.271 e. The van der Waals surface area contributed by atoms with Crippen molar-refractivity contribution >= 4 is 17.8 Å². The lowest BCUT2D eigenvalue weighted by Crippen LogP contribution is -2.21. The molecule has 0 saturated carbocycles. The summed E-state index contributed by atoms with van der Waals surface area (Å²) in [7, 11) is 1.64. The molecule has 0 atom stereocenters. The minimum absolute atomic E-state index is 0.277. The van der Waals surface area contributed by atoms with Gasteiger partial charge >= 0.3 is 0 Å². The average molecular weight is 432 g/mol.